The van der Waals surface area contributed by atoms with E-state index in [-0.39, 0.29) is 5.95 Å². The largest absolute Gasteiger partial charge is 0.347 e. The highest BCUT2D eigenvalue weighted by Gasteiger charge is 2.26. The van der Waals surface area contributed by atoms with Crippen LogP contribution in [-0.2, 0) is 0 Å². The maximum absolute atomic E-state index is 12.9. The Balaban J connectivity index is 2.14. The van der Waals surface area contributed by atoms with E-state index in [1.54, 1.807) is 24.3 Å². The quantitative estimate of drug-likeness (QED) is 0.833. The molecular formula is C10H11F2N5. The minimum absolute atomic E-state index is 0.0665. The summed E-state index contributed by atoms with van der Waals surface area (Å²) in [6.07, 6.45) is 0. The lowest BCUT2D eigenvalue weighted by molar-refractivity contribution is 0.0252. The normalized spacial score (nSPS) is 11.7. The zero-order chi connectivity index (χ0) is 12.3. The average molecular weight is 239 g/mol. The van der Waals surface area contributed by atoms with Gasteiger partial charge in [0.2, 0.25) is 5.95 Å². The Morgan fingerprint density at radius 1 is 1.18 bits per heavy atom. The number of rotatable bonds is 4. The van der Waals surface area contributed by atoms with Crippen molar-refractivity contribution in [2.75, 3.05) is 18.4 Å². The van der Waals surface area contributed by atoms with Gasteiger partial charge in [0, 0.05) is 0 Å². The molecule has 3 N–H and O–H groups in total. The van der Waals surface area contributed by atoms with Crippen molar-refractivity contribution < 1.29 is 8.78 Å². The number of anilines is 1. The van der Waals surface area contributed by atoms with Crippen LogP contribution in [0.2, 0.25) is 0 Å². The molecule has 0 saturated carbocycles. The molecule has 0 aliphatic heterocycles. The number of nitrogens with two attached hydrogens (primary N) is 1. The minimum Gasteiger partial charge on any atom is -0.347 e. The lowest BCUT2D eigenvalue weighted by Gasteiger charge is -2.13. The summed E-state index contributed by atoms with van der Waals surface area (Å²) in [5.41, 5.74) is 6.13. The highest BCUT2D eigenvalue weighted by Crippen LogP contribution is 2.13. The van der Waals surface area contributed by atoms with Gasteiger partial charge in [-0.2, -0.15) is 0 Å². The standard InChI is InChI=1S/C10H11F2N5/c11-10(12,5-13)6-14-9-15-7-3-1-2-4-8(7)16-17-9/h1-4H,5-6,13H2,(H,14,15,17). The molecule has 0 saturated heterocycles. The van der Waals surface area contributed by atoms with Gasteiger partial charge in [-0.25, -0.2) is 13.8 Å². The number of alkyl halides is 2. The van der Waals surface area contributed by atoms with Gasteiger partial charge in [-0.15, -0.1) is 10.2 Å². The van der Waals surface area contributed by atoms with Crippen LogP contribution in [0.4, 0.5) is 14.7 Å². The molecule has 0 amide bonds. The Morgan fingerprint density at radius 3 is 2.59 bits per heavy atom. The Morgan fingerprint density at radius 2 is 1.88 bits per heavy atom. The first-order valence-corrected chi connectivity index (χ1v) is 5.02. The molecule has 5 nitrogen and oxygen atoms in total. The van der Waals surface area contributed by atoms with Crippen molar-refractivity contribution in [2.45, 2.75) is 5.92 Å². The Hall–Kier alpha value is -1.89. The van der Waals surface area contributed by atoms with Gasteiger partial charge in [0.1, 0.15) is 5.52 Å². The summed E-state index contributed by atoms with van der Waals surface area (Å²) >= 11 is 0. The van der Waals surface area contributed by atoms with Crippen LogP contribution in [0.15, 0.2) is 24.3 Å². The predicted octanol–water partition coefficient (Wildman–Crippen LogP) is 1.03. The van der Waals surface area contributed by atoms with Gasteiger partial charge < -0.3 is 11.1 Å². The molecule has 1 heterocycles. The molecule has 2 aromatic rings. The van der Waals surface area contributed by atoms with Crippen molar-refractivity contribution in [3.63, 3.8) is 0 Å². The molecule has 0 bridgehead atoms. The van der Waals surface area contributed by atoms with Crippen LogP contribution in [0.5, 0.6) is 0 Å². The molecule has 1 aromatic carbocycles. The molecule has 0 unspecified atom stereocenters. The summed E-state index contributed by atoms with van der Waals surface area (Å²) in [5, 5.41) is 9.97. The van der Waals surface area contributed by atoms with Crippen molar-refractivity contribution in [3.8, 4) is 0 Å². The first kappa shape index (κ1) is 11.6. The van der Waals surface area contributed by atoms with Crippen LogP contribution < -0.4 is 11.1 Å². The fourth-order valence-corrected chi connectivity index (χ4v) is 1.24. The van der Waals surface area contributed by atoms with Gasteiger partial charge in [-0.3, -0.25) is 0 Å². The highest BCUT2D eigenvalue weighted by molar-refractivity contribution is 5.73. The Labute approximate surface area is 96.1 Å². The highest BCUT2D eigenvalue weighted by atomic mass is 19.3. The molecule has 17 heavy (non-hydrogen) atoms. The number of aromatic nitrogens is 3. The number of halogens is 2. The second-order valence-corrected chi connectivity index (χ2v) is 3.54. The van der Waals surface area contributed by atoms with Crippen molar-refractivity contribution in [1.82, 2.24) is 15.2 Å². The maximum atomic E-state index is 12.9. The predicted molar refractivity (Wildman–Crippen MR) is 59.8 cm³/mol. The molecule has 7 heteroatoms. The van der Waals surface area contributed by atoms with Gasteiger partial charge >= 0.3 is 0 Å². The summed E-state index contributed by atoms with van der Waals surface area (Å²) in [7, 11) is 0. The van der Waals surface area contributed by atoms with Crippen molar-refractivity contribution in [3.05, 3.63) is 24.3 Å². The monoisotopic (exact) mass is 239 g/mol. The Kier molecular flexibility index (Phi) is 3.10. The lowest BCUT2D eigenvalue weighted by atomic mass is 10.3. The van der Waals surface area contributed by atoms with E-state index in [1.807, 2.05) is 0 Å². The van der Waals surface area contributed by atoms with Gasteiger partial charge in [0.25, 0.3) is 5.92 Å². The van der Waals surface area contributed by atoms with Gasteiger partial charge in [0.15, 0.2) is 0 Å². The molecular weight excluding hydrogens is 228 g/mol. The van der Waals surface area contributed by atoms with E-state index in [0.717, 1.165) is 0 Å². The van der Waals surface area contributed by atoms with Crippen LogP contribution in [0.25, 0.3) is 11.0 Å². The van der Waals surface area contributed by atoms with E-state index in [2.05, 4.69) is 20.5 Å². The first-order valence-electron chi connectivity index (χ1n) is 5.02. The van der Waals surface area contributed by atoms with Crippen molar-refractivity contribution in [2.24, 2.45) is 5.73 Å². The first-order chi connectivity index (χ1) is 8.11. The molecule has 0 spiro atoms. The zero-order valence-electron chi connectivity index (χ0n) is 8.90. The van der Waals surface area contributed by atoms with Crippen molar-refractivity contribution >= 4 is 17.0 Å². The maximum Gasteiger partial charge on any atom is 0.277 e. The smallest absolute Gasteiger partial charge is 0.277 e. The van der Waals surface area contributed by atoms with Crippen LogP contribution >= 0.6 is 0 Å². The molecule has 2 rings (SSSR count). The third kappa shape index (κ3) is 2.82. The average Bonchev–Trinajstić information content (AvgIpc) is 2.36. The Bertz CT molecular complexity index is 517. The number of benzene rings is 1. The van der Waals surface area contributed by atoms with E-state index < -0.39 is 19.0 Å². The van der Waals surface area contributed by atoms with E-state index in [4.69, 9.17) is 5.73 Å². The minimum atomic E-state index is -2.98. The number of fused-ring (bicyclic) bond motifs is 1. The molecule has 0 aliphatic rings. The SMILES string of the molecule is NCC(F)(F)CNc1nnc2ccccc2n1. The van der Waals surface area contributed by atoms with E-state index in [0.29, 0.717) is 11.0 Å². The number of nitrogens with one attached hydrogen (secondary N) is 1. The van der Waals surface area contributed by atoms with Crippen molar-refractivity contribution in [1.29, 1.82) is 0 Å². The van der Waals surface area contributed by atoms with Gasteiger partial charge in [-0.05, 0) is 12.1 Å². The van der Waals surface area contributed by atoms with Crippen LogP contribution in [0.3, 0.4) is 0 Å². The summed E-state index contributed by atoms with van der Waals surface area (Å²) in [6, 6.07) is 7.06. The lowest BCUT2D eigenvalue weighted by Crippen LogP contribution is -2.35. The second-order valence-electron chi connectivity index (χ2n) is 3.54. The molecule has 1 aromatic heterocycles. The third-order valence-corrected chi connectivity index (χ3v) is 2.16. The van der Waals surface area contributed by atoms with E-state index >= 15 is 0 Å². The molecule has 0 aliphatic carbocycles. The van der Waals surface area contributed by atoms with Gasteiger partial charge in [0.05, 0.1) is 18.6 Å². The van der Waals surface area contributed by atoms with Crippen LogP contribution in [0.1, 0.15) is 0 Å². The van der Waals surface area contributed by atoms with Gasteiger partial charge in [-0.1, -0.05) is 12.1 Å². The van der Waals surface area contributed by atoms with Crippen LogP contribution in [-0.4, -0.2) is 34.2 Å². The summed E-state index contributed by atoms with van der Waals surface area (Å²) in [4.78, 5) is 4.05. The zero-order valence-corrected chi connectivity index (χ0v) is 8.90. The molecule has 0 fully saturated rings. The van der Waals surface area contributed by atoms with E-state index in [9.17, 15) is 8.78 Å². The number of hydrogen-bond donors (Lipinski definition) is 2. The molecule has 0 radical (unpaired) electrons. The molecule has 0 atom stereocenters. The molecule has 90 valence electrons. The fraction of sp³-hybridized carbons (Fsp3) is 0.300. The number of nitrogens with zero attached hydrogens (tertiary/aromatic N) is 3. The summed E-state index contributed by atoms with van der Waals surface area (Å²) < 4.78 is 25.8. The fourth-order valence-electron chi connectivity index (χ4n) is 1.24. The van der Waals surface area contributed by atoms with E-state index in [1.165, 1.54) is 0 Å². The summed E-state index contributed by atoms with van der Waals surface area (Å²) in [6.45, 7) is -1.33. The van der Waals surface area contributed by atoms with Crippen LogP contribution in [0, 0.1) is 0 Å². The number of para-hydroxylation sites is 1. The number of hydrogen-bond acceptors (Lipinski definition) is 5. The topological polar surface area (TPSA) is 76.7 Å². The second kappa shape index (κ2) is 4.54. The summed E-state index contributed by atoms with van der Waals surface area (Å²) in [5.74, 6) is -2.91. The third-order valence-electron chi connectivity index (χ3n) is 2.16.